The molecule has 2 N–H and O–H groups in total. The number of carbonyl (C=O) groups is 2. The van der Waals surface area contributed by atoms with E-state index in [9.17, 15) is 9.59 Å². The Morgan fingerprint density at radius 1 is 1.21 bits per heavy atom. The molecule has 1 aliphatic rings. The maximum Gasteiger partial charge on any atom is 0.243 e. The molecule has 0 radical (unpaired) electrons. The Labute approximate surface area is 199 Å². The van der Waals surface area contributed by atoms with Crippen LogP contribution in [0.15, 0.2) is 48.5 Å². The number of rotatable bonds is 8. The highest BCUT2D eigenvalue weighted by atomic mass is 32.2. The Balaban J connectivity index is 1.54. The number of aromatic nitrogens is 1. The summed E-state index contributed by atoms with van der Waals surface area (Å²) >= 11 is 1.64. The number of carbonyl (C=O) groups excluding carboxylic acids is 2. The number of thioether (sulfide) groups is 1. The topological polar surface area (TPSA) is 74.4 Å². The highest BCUT2D eigenvalue weighted by Gasteiger charge is 2.34. The van der Waals surface area contributed by atoms with Gasteiger partial charge in [-0.05, 0) is 61.2 Å². The lowest BCUT2D eigenvalue weighted by Gasteiger charge is -2.24. The van der Waals surface area contributed by atoms with Gasteiger partial charge < -0.3 is 19.9 Å². The van der Waals surface area contributed by atoms with Gasteiger partial charge in [0.15, 0.2) is 0 Å². The lowest BCUT2D eigenvalue weighted by molar-refractivity contribution is -0.138. The highest BCUT2D eigenvalue weighted by molar-refractivity contribution is 7.99. The van der Waals surface area contributed by atoms with Crippen molar-refractivity contribution in [2.24, 2.45) is 0 Å². The van der Waals surface area contributed by atoms with Crippen molar-refractivity contribution in [3.05, 3.63) is 54.1 Å². The van der Waals surface area contributed by atoms with Crippen molar-refractivity contribution >= 4 is 34.5 Å². The number of nitrogens with zero attached hydrogens (tertiary/aromatic N) is 1. The predicted molar refractivity (Wildman–Crippen MR) is 134 cm³/mol. The highest BCUT2D eigenvalue weighted by Crippen LogP contribution is 2.33. The summed E-state index contributed by atoms with van der Waals surface area (Å²) in [7, 11) is 1.65. The molecule has 7 heteroatoms. The van der Waals surface area contributed by atoms with Gasteiger partial charge in [0.25, 0.3) is 0 Å². The van der Waals surface area contributed by atoms with Crippen LogP contribution in [0.4, 0.5) is 0 Å². The summed E-state index contributed by atoms with van der Waals surface area (Å²) in [5.74, 6) is 2.00. The van der Waals surface area contributed by atoms with Gasteiger partial charge in [0.05, 0.1) is 13.0 Å². The first-order valence-corrected chi connectivity index (χ1v) is 12.6. The second-order valence-corrected chi connectivity index (χ2v) is 9.45. The molecular formula is C26H31N3O3S. The van der Waals surface area contributed by atoms with Crippen molar-refractivity contribution in [2.45, 2.75) is 45.2 Å². The average Bonchev–Trinajstić information content (AvgIpc) is 3.48. The monoisotopic (exact) mass is 465 g/mol. The van der Waals surface area contributed by atoms with Gasteiger partial charge in [-0.3, -0.25) is 9.59 Å². The van der Waals surface area contributed by atoms with Crippen LogP contribution in [0, 0.1) is 0 Å². The molecule has 4 rings (SSSR count). The van der Waals surface area contributed by atoms with Crippen LogP contribution in [0.5, 0.6) is 5.75 Å². The van der Waals surface area contributed by atoms with Gasteiger partial charge in [-0.15, -0.1) is 11.8 Å². The summed E-state index contributed by atoms with van der Waals surface area (Å²) in [5.41, 5.74) is 4.25. The van der Waals surface area contributed by atoms with Gasteiger partial charge in [0.1, 0.15) is 11.8 Å². The predicted octanol–water partition coefficient (Wildman–Crippen LogP) is 4.59. The fraction of sp³-hybridized carbons (Fsp3) is 0.385. The minimum Gasteiger partial charge on any atom is -0.497 e. The van der Waals surface area contributed by atoms with Gasteiger partial charge in [0, 0.05) is 34.8 Å². The van der Waals surface area contributed by atoms with Crippen LogP contribution in [0.1, 0.15) is 32.3 Å². The Bertz CT molecular complexity index is 1130. The molecular weight excluding hydrogens is 434 g/mol. The summed E-state index contributed by atoms with van der Waals surface area (Å²) in [4.78, 5) is 31.2. The number of benzene rings is 2. The van der Waals surface area contributed by atoms with Crippen molar-refractivity contribution in [3.8, 4) is 17.0 Å². The van der Waals surface area contributed by atoms with E-state index >= 15 is 0 Å². The molecule has 2 unspecified atom stereocenters. The zero-order valence-corrected chi connectivity index (χ0v) is 20.2. The molecule has 1 fully saturated rings. The maximum absolute atomic E-state index is 13.2. The SMILES string of the molecule is CCC(C)NC(=O)C1CSCN1C(=O)CCc1c(-c2ccc(OC)cc2)[nH]c2ccccc12. The van der Waals surface area contributed by atoms with Gasteiger partial charge in [0.2, 0.25) is 11.8 Å². The van der Waals surface area contributed by atoms with Gasteiger partial charge in [-0.1, -0.05) is 25.1 Å². The smallest absolute Gasteiger partial charge is 0.243 e. The van der Waals surface area contributed by atoms with Crippen LogP contribution >= 0.6 is 11.8 Å². The summed E-state index contributed by atoms with van der Waals surface area (Å²) in [6.07, 6.45) is 1.83. The molecule has 3 aromatic rings. The quantitative estimate of drug-likeness (QED) is 0.510. The number of methoxy groups -OCH3 is 1. The van der Waals surface area contributed by atoms with Crippen molar-refractivity contribution < 1.29 is 14.3 Å². The number of aromatic amines is 1. The molecule has 1 aromatic heterocycles. The molecule has 2 amide bonds. The number of fused-ring (bicyclic) bond motifs is 1. The van der Waals surface area contributed by atoms with E-state index in [0.29, 0.717) is 24.5 Å². The average molecular weight is 466 g/mol. The van der Waals surface area contributed by atoms with Crippen LogP contribution in [0.3, 0.4) is 0 Å². The van der Waals surface area contributed by atoms with Crippen molar-refractivity contribution in [3.63, 3.8) is 0 Å². The zero-order valence-electron chi connectivity index (χ0n) is 19.4. The second kappa shape index (κ2) is 10.3. The number of amides is 2. The molecule has 2 atom stereocenters. The minimum absolute atomic E-state index is 0.0234. The molecule has 1 aliphatic heterocycles. The first-order chi connectivity index (χ1) is 16.0. The number of ether oxygens (including phenoxy) is 1. The lowest BCUT2D eigenvalue weighted by Crippen LogP contribution is -2.49. The third-order valence-corrected chi connectivity index (χ3v) is 7.30. The fourth-order valence-electron chi connectivity index (χ4n) is 4.19. The van der Waals surface area contributed by atoms with E-state index in [1.54, 1.807) is 23.8 Å². The van der Waals surface area contributed by atoms with E-state index in [0.717, 1.165) is 39.9 Å². The maximum atomic E-state index is 13.2. The Morgan fingerprint density at radius 3 is 2.70 bits per heavy atom. The van der Waals surface area contributed by atoms with E-state index < -0.39 is 0 Å². The molecule has 6 nitrogen and oxygen atoms in total. The Kier molecular flexibility index (Phi) is 7.28. The fourth-order valence-corrected chi connectivity index (χ4v) is 5.37. The molecule has 33 heavy (non-hydrogen) atoms. The van der Waals surface area contributed by atoms with E-state index in [1.807, 2.05) is 50.2 Å². The van der Waals surface area contributed by atoms with Gasteiger partial charge in [-0.2, -0.15) is 0 Å². The molecule has 0 spiro atoms. The number of aryl methyl sites for hydroxylation is 1. The molecule has 1 saturated heterocycles. The summed E-state index contributed by atoms with van der Waals surface area (Å²) in [5, 5.41) is 4.15. The second-order valence-electron chi connectivity index (χ2n) is 8.45. The van der Waals surface area contributed by atoms with E-state index in [2.05, 4.69) is 22.4 Å². The van der Waals surface area contributed by atoms with E-state index in [-0.39, 0.29) is 23.9 Å². The summed E-state index contributed by atoms with van der Waals surface area (Å²) < 4.78 is 5.30. The first kappa shape index (κ1) is 23.2. The number of nitrogens with one attached hydrogen (secondary N) is 2. The third kappa shape index (κ3) is 5.03. The van der Waals surface area contributed by atoms with Crippen LogP contribution in [0.25, 0.3) is 22.2 Å². The molecule has 2 aromatic carbocycles. The van der Waals surface area contributed by atoms with Gasteiger partial charge in [-0.25, -0.2) is 0 Å². The zero-order chi connectivity index (χ0) is 23.4. The third-order valence-electron chi connectivity index (χ3n) is 6.29. The number of hydrogen-bond donors (Lipinski definition) is 2. The number of hydrogen-bond acceptors (Lipinski definition) is 4. The van der Waals surface area contributed by atoms with Crippen molar-refractivity contribution in [2.75, 3.05) is 18.7 Å². The molecule has 0 aliphatic carbocycles. The van der Waals surface area contributed by atoms with Crippen LogP contribution in [-0.2, 0) is 16.0 Å². The standard InChI is InChI=1S/C26H31N3O3S/c1-4-17(2)27-26(31)23-15-33-16-29(23)24(30)14-13-21-20-7-5-6-8-22(20)28-25(21)18-9-11-19(32-3)12-10-18/h5-12,17,23,28H,4,13-16H2,1-3H3,(H,27,31). The normalized spacial score (nSPS) is 16.7. The lowest BCUT2D eigenvalue weighted by atomic mass is 10.0. The number of para-hydroxylation sites is 1. The van der Waals surface area contributed by atoms with E-state index in [1.165, 1.54) is 0 Å². The van der Waals surface area contributed by atoms with Crippen LogP contribution in [-0.4, -0.2) is 52.5 Å². The number of H-pyrrole nitrogens is 1. The Morgan fingerprint density at radius 2 is 1.97 bits per heavy atom. The molecule has 2 heterocycles. The molecule has 174 valence electrons. The summed E-state index contributed by atoms with van der Waals surface area (Å²) in [6, 6.07) is 15.8. The van der Waals surface area contributed by atoms with Crippen molar-refractivity contribution in [1.82, 2.24) is 15.2 Å². The Hall–Kier alpha value is -2.93. The van der Waals surface area contributed by atoms with Crippen molar-refractivity contribution in [1.29, 1.82) is 0 Å². The molecule has 0 bridgehead atoms. The minimum atomic E-state index is -0.388. The largest absolute Gasteiger partial charge is 0.497 e. The van der Waals surface area contributed by atoms with Gasteiger partial charge >= 0.3 is 0 Å². The van der Waals surface area contributed by atoms with Crippen LogP contribution < -0.4 is 10.1 Å². The first-order valence-electron chi connectivity index (χ1n) is 11.4. The van der Waals surface area contributed by atoms with E-state index in [4.69, 9.17) is 4.74 Å². The molecule has 0 saturated carbocycles. The van der Waals surface area contributed by atoms with Crippen LogP contribution in [0.2, 0.25) is 0 Å². The summed E-state index contributed by atoms with van der Waals surface area (Å²) in [6.45, 7) is 4.03.